The number of guanidine groups is 1. The van der Waals surface area contributed by atoms with Crippen molar-refractivity contribution in [2.45, 2.75) is 39.3 Å². The van der Waals surface area contributed by atoms with Gasteiger partial charge in [0.1, 0.15) is 17.9 Å². The number of furan rings is 1. The van der Waals surface area contributed by atoms with Gasteiger partial charge in [-0.05, 0) is 32.8 Å². The van der Waals surface area contributed by atoms with Gasteiger partial charge in [0, 0.05) is 49.7 Å². The van der Waals surface area contributed by atoms with Crippen molar-refractivity contribution in [3.05, 3.63) is 35.6 Å². The van der Waals surface area contributed by atoms with Crippen molar-refractivity contribution in [2.24, 2.45) is 4.99 Å². The predicted molar refractivity (Wildman–Crippen MR) is 130 cm³/mol. The fourth-order valence-electron chi connectivity index (χ4n) is 3.77. The maximum absolute atomic E-state index is 12.0. The van der Waals surface area contributed by atoms with E-state index in [4.69, 9.17) is 9.41 Å². The van der Waals surface area contributed by atoms with E-state index in [0.717, 1.165) is 73.8 Å². The van der Waals surface area contributed by atoms with Crippen molar-refractivity contribution >= 4 is 46.8 Å². The first-order valence-corrected chi connectivity index (χ1v) is 10.7. The Bertz CT molecular complexity index is 885. The van der Waals surface area contributed by atoms with Gasteiger partial charge >= 0.3 is 0 Å². The lowest BCUT2D eigenvalue weighted by atomic mass is 10.1. The monoisotopic (exact) mass is 525 g/mol. The summed E-state index contributed by atoms with van der Waals surface area (Å²) in [6.45, 7) is 9.47. The Morgan fingerprint density at radius 3 is 2.60 bits per heavy atom. The summed E-state index contributed by atoms with van der Waals surface area (Å²) >= 11 is 0. The fourth-order valence-corrected chi connectivity index (χ4v) is 3.77. The van der Waals surface area contributed by atoms with E-state index < -0.39 is 0 Å². The van der Waals surface area contributed by atoms with Gasteiger partial charge in [-0.15, -0.1) is 24.0 Å². The maximum atomic E-state index is 12.0. The summed E-state index contributed by atoms with van der Waals surface area (Å²) < 4.78 is 6.01. The summed E-state index contributed by atoms with van der Waals surface area (Å²) in [4.78, 5) is 21.4. The average Bonchev–Trinajstić information content (AvgIpc) is 3.48. The summed E-state index contributed by atoms with van der Waals surface area (Å²) in [5, 5.41) is 7.63. The highest BCUT2D eigenvalue weighted by atomic mass is 127. The second kappa shape index (κ2) is 10.5. The minimum absolute atomic E-state index is 0. The summed E-state index contributed by atoms with van der Waals surface area (Å²) in [6.07, 6.45) is 2.26. The number of carbonyl (C=O) groups is 1. The van der Waals surface area contributed by atoms with Gasteiger partial charge in [-0.1, -0.05) is 18.2 Å². The van der Waals surface area contributed by atoms with Crippen LogP contribution in [0.4, 0.5) is 0 Å². The Kier molecular flexibility index (Phi) is 7.99. The Hall–Kier alpha value is -1.81. The zero-order valence-corrected chi connectivity index (χ0v) is 20.1. The molecule has 1 aromatic heterocycles. The van der Waals surface area contributed by atoms with Crippen LogP contribution >= 0.6 is 24.0 Å². The number of aliphatic imine (C=N–C) groups is 1. The molecule has 2 aromatic rings. The summed E-state index contributed by atoms with van der Waals surface area (Å²) in [5.41, 5.74) is 2.07. The van der Waals surface area contributed by atoms with E-state index in [-0.39, 0.29) is 29.9 Å². The number of fused-ring (bicyclic) bond motifs is 1. The Morgan fingerprint density at radius 2 is 1.93 bits per heavy atom. The van der Waals surface area contributed by atoms with Gasteiger partial charge in [0.15, 0.2) is 5.96 Å². The van der Waals surface area contributed by atoms with E-state index in [1.54, 1.807) is 0 Å². The molecule has 1 saturated carbocycles. The number of piperazine rings is 1. The largest absolute Gasteiger partial charge is 0.459 e. The molecule has 2 heterocycles. The number of nitrogens with one attached hydrogen (secondary N) is 2. The SMILES string of the molecule is CCNC(=NCc1oc2ccccc2c1C)N1CCN(CC(=O)NC2CC2)CC1.I. The van der Waals surface area contributed by atoms with Crippen LogP contribution in [-0.2, 0) is 11.3 Å². The minimum atomic E-state index is 0. The highest BCUT2D eigenvalue weighted by molar-refractivity contribution is 14.0. The second-order valence-corrected chi connectivity index (χ2v) is 7.92. The van der Waals surface area contributed by atoms with Crippen LogP contribution < -0.4 is 10.6 Å². The first kappa shape index (κ1) is 22.9. The molecule has 4 rings (SSSR count). The molecule has 1 aromatic carbocycles. The maximum Gasteiger partial charge on any atom is 0.234 e. The highest BCUT2D eigenvalue weighted by Gasteiger charge is 2.26. The van der Waals surface area contributed by atoms with Gasteiger partial charge in [0.05, 0.1) is 6.54 Å². The molecule has 7 nitrogen and oxygen atoms in total. The normalized spacial score (nSPS) is 17.7. The minimum Gasteiger partial charge on any atom is -0.459 e. The molecule has 8 heteroatoms. The van der Waals surface area contributed by atoms with E-state index in [1.807, 2.05) is 18.2 Å². The van der Waals surface area contributed by atoms with Crippen LogP contribution in [0.1, 0.15) is 31.1 Å². The lowest BCUT2D eigenvalue weighted by Gasteiger charge is -2.36. The van der Waals surface area contributed by atoms with Crippen molar-refractivity contribution < 1.29 is 9.21 Å². The van der Waals surface area contributed by atoms with Crippen LogP contribution in [0.25, 0.3) is 11.0 Å². The quantitative estimate of drug-likeness (QED) is 0.345. The van der Waals surface area contributed by atoms with Crippen LogP contribution in [0.5, 0.6) is 0 Å². The van der Waals surface area contributed by atoms with Gasteiger partial charge < -0.3 is 20.0 Å². The molecule has 2 aliphatic rings. The molecule has 1 aliphatic carbocycles. The molecule has 2 fully saturated rings. The topological polar surface area (TPSA) is 73.1 Å². The molecule has 1 saturated heterocycles. The number of nitrogens with zero attached hydrogens (tertiary/aromatic N) is 3. The van der Waals surface area contributed by atoms with Crippen LogP contribution in [-0.4, -0.2) is 67.0 Å². The summed E-state index contributed by atoms with van der Waals surface area (Å²) in [5.74, 6) is 1.98. The first-order chi connectivity index (χ1) is 14.1. The number of hydrogen-bond donors (Lipinski definition) is 2. The van der Waals surface area contributed by atoms with Crippen LogP contribution in [0, 0.1) is 6.92 Å². The highest BCUT2D eigenvalue weighted by Crippen LogP contribution is 2.25. The first-order valence-electron chi connectivity index (χ1n) is 10.7. The lowest BCUT2D eigenvalue weighted by Crippen LogP contribution is -2.54. The number of halogens is 1. The third kappa shape index (κ3) is 5.66. The number of aryl methyl sites for hydroxylation is 1. The molecule has 0 atom stereocenters. The molecule has 1 amide bonds. The van der Waals surface area contributed by atoms with Crippen molar-refractivity contribution in [1.29, 1.82) is 0 Å². The van der Waals surface area contributed by atoms with Crippen molar-refractivity contribution in [3.63, 3.8) is 0 Å². The van der Waals surface area contributed by atoms with Crippen molar-refractivity contribution in [2.75, 3.05) is 39.3 Å². The van der Waals surface area contributed by atoms with Gasteiger partial charge in [-0.3, -0.25) is 9.69 Å². The second-order valence-electron chi connectivity index (χ2n) is 7.92. The smallest absolute Gasteiger partial charge is 0.234 e. The van der Waals surface area contributed by atoms with Gasteiger partial charge in [-0.25, -0.2) is 4.99 Å². The number of rotatable bonds is 6. The zero-order chi connectivity index (χ0) is 20.2. The third-order valence-corrected chi connectivity index (χ3v) is 5.63. The molecular formula is C22H32IN5O2. The van der Waals surface area contributed by atoms with Crippen LogP contribution in [0.3, 0.4) is 0 Å². The molecule has 1 aliphatic heterocycles. The molecule has 0 bridgehead atoms. The summed E-state index contributed by atoms with van der Waals surface area (Å²) in [6, 6.07) is 8.54. The lowest BCUT2D eigenvalue weighted by molar-refractivity contribution is -0.122. The fraction of sp³-hybridized carbons (Fsp3) is 0.545. The van der Waals surface area contributed by atoms with E-state index in [1.165, 1.54) is 0 Å². The molecular weight excluding hydrogens is 493 g/mol. The average molecular weight is 525 g/mol. The Morgan fingerprint density at radius 1 is 1.20 bits per heavy atom. The molecule has 30 heavy (non-hydrogen) atoms. The van der Waals surface area contributed by atoms with Gasteiger partial charge in [-0.2, -0.15) is 0 Å². The number of hydrogen-bond acceptors (Lipinski definition) is 4. The van der Waals surface area contributed by atoms with E-state index in [0.29, 0.717) is 19.1 Å². The zero-order valence-electron chi connectivity index (χ0n) is 17.8. The predicted octanol–water partition coefficient (Wildman–Crippen LogP) is 2.72. The number of amides is 1. The van der Waals surface area contributed by atoms with Crippen LogP contribution in [0.15, 0.2) is 33.7 Å². The Balaban J connectivity index is 0.00000256. The number of carbonyl (C=O) groups excluding carboxylic acids is 1. The Labute approximate surface area is 195 Å². The third-order valence-electron chi connectivity index (χ3n) is 5.63. The number of benzene rings is 1. The van der Waals surface area contributed by atoms with Crippen molar-refractivity contribution in [3.8, 4) is 0 Å². The van der Waals surface area contributed by atoms with Crippen LogP contribution in [0.2, 0.25) is 0 Å². The van der Waals surface area contributed by atoms with Crippen molar-refractivity contribution in [1.82, 2.24) is 20.4 Å². The molecule has 0 radical (unpaired) electrons. The van der Waals surface area contributed by atoms with Gasteiger partial charge in [0.25, 0.3) is 0 Å². The molecule has 0 unspecified atom stereocenters. The van der Waals surface area contributed by atoms with Gasteiger partial charge in [0.2, 0.25) is 5.91 Å². The van der Waals surface area contributed by atoms with E-state index >= 15 is 0 Å². The van der Waals surface area contributed by atoms with E-state index in [2.05, 4.69) is 40.3 Å². The summed E-state index contributed by atoms with van der Waals surface area (Å²) in [7, 11) is 0. The molecule has 2 N–H and O–H groups in total. The standard InChI is InChI=1S/C22H31N5O2.HI/c1-3-23-22(24-14-20-16(2)18-6-4-5-7-19(18)29-20)27-12-10-26(11-13-27)15-21(28)25-17-8-9-17;/h4-7,17H,3,8-15H2,1-2H3,(H,23,24)(H,25,28);1H. The molecule has 164 valence electrons. The number of para-hydroxylation sites is 1. The molecule has 0 spiro atoms. The van der Waals surface area contributed by atoms with E-state index in [9.17, 15) is 4.79 Å².